The van der Waals surface area contributed by atoms with Crippen molar-refractivity contribution in [3.05, 3.63) is 6.07 Å². The molecule has 0 aliphatic heterocycles. The first-order valence-corrected chi connectivity index (χ1v) is 5.18. The first-order chi connectivity index (χ1) is 7.69. The van der Waals surface area contributed by atoms with Crippen LogP contribution >= 0.6 is 0 Å². The van der Waals surface area contributed by atoms with E-state index in [1.165, 1.54) is 0 Å². The quantitative estimate of drug-likeness (QED) is 0.339. The molecule has 1 rings (SSSR count). The van der Waals surface area contributed by atoms with Crippen molar-refractivity contribution in [2.75, 3.05) is 23.1 Å². The third kappa shape index (κ3) is 3.52. The minimum atomic E-state index is 0.133. The molecule has 0 aliphatic carbocycles. The maximum Gasteiger partial charge on any atom is 0.223 e. The second-order valence-electron chi connectivity index (χ2n) is 3.40. The number of nitrogens with two attached hydrogens (primary N) is 2. The van der Waals surface area contributed by atoms with Crippen molar-refractivity contribution in [2.24, 2.45) is 5.84 Å². The van der Waals surface area contributed by atoms with Crippen LogP contribution in [0.15, 0.2) is 6.07 Å². The number of nitrogens with zero attached hydrogens (tertiary/aromatic N) is 2. The normalized spacial score (nSPS) is 12.2. The number of aliphatic hydroxyl groups is 1. The van der Waals surface area contributed by atoms with Crippen LogP contribution in [0.3, 0.4) is 0 Å². The van der Waals surface area contributed by atoms with Gasteiger partial charge in [-0.1, -0.05) is 6.92 Å². The molecule has 1 unspecified atom stereocenters. The van der Waals surface area contributed by atoms with Gasteiger partial charge in [0.1, 0.15) is 11.6 Å². The summed E-state index contributed by atoms with van der Waals surface area (Å²) < 4.78 is 0. The predicted molar refractivity (Wildman–Crippen MR) is 63.7 cm³/mol. The van der Waals surface area contributed by atoms with E-state index in [0.29, 0.717) is 18.1 Å². The summed E-state index contributed by atoms with van der Waals surface area (Å²) in [4.78, 5) is 7.90. The number of hydrogen-bond donors (Lipinski definition) is 5. The van der Waals surface area contributed by atoms with Gasteiger partial charge in [0.05, 0.1) is 0 Å². The van der Waals surface area contributed by atoms with Crippen molar-refractivity contribution in [1.82, 2.24) is 9.97 Å². The smallest absolute Gasteiger partial charge is 0.223 e. The summed E-state index contributed by atoms with van der Waals surface area (Å²) in [5.41, 5.74) is 7.93. The Morgan fingerprint density at radius 2 is 2.12 bits per heavy atom. The number of nitrogens with one attached hydrogen (secondary N) is 2. The second kappa shape index (κ2) is 6.09. The molecule has 90 valence electrons. The maximum atomic E-state index is 8.87. The van der Waals surface area contributed by atoms with Gasteiger partial charge in [-0.05, 0) is 12.8 Å². The Kier molecular flexibility index (Phi) is 4.74. The summed E-state index contributed by atoms with van der Waals surface area (Å²) in [5, 5.41) is 12.0. The highest BCUT2D eigenvalue weighted by molar-refractivity contribution is 5.50. The first-order valence-electron chi connectivity index (χ1n) is 5.18. The van der Waals surface area contributed by atoms with Crippen molar-refractivity contribution in [3.63, 3.8) is 0 Å². The topological polar surface area (TPSA) is 122 Å². The van der Waals surface area contributed by atoms with E-state index in [1.807, 2.05) is 6.92 Å². The van der Waals surface area contributed by atoms with E-state index >= 15 is 0 Å². The minimum Gasteiger partial charge on any atom is -0.396 e. The molecule has 7 heteroatoms. The summed E-state index contributed by atoms with van der Waals surface area (Å²) in [7, 11) is 0. The van der Waals surface area contributed by atoms with Crippen LogP contribution < -0.4 is 22.3 Å². The molecule has 0 bridgehead atoms. The highest BCUT2D eigenvalue weighted by Gasteiger charge is 2.07. The van der Waals surface area contributed by atoms with Gasteiger partial charge in [-0.2, -0.15) is 9.97 Å². The van der Waals surface area contributed by atoms with Crippen molar-refractivity contribution in [3.8, 4) is 0 Å². The molecule has 0 fully saturated rings. The number of aliphatic hydroxyl groups excluding tert-OH is 1. The average Bonchev–Trinajstić information content (AvgIpc) is 2.27. The van der Waals surface area contributed by atoms with E-state index in [-0.39, 0.29) is 18.6 Å². The Labute approximate surface area is 94.2 Å². The van der Waals surface area contributed by atoms with Crippen molar-refractivity contribution in [2.45, 2.75) is 25.8 Å². The lowest BCUT2D eigenvalue weighted by molar-refractivity contribution is 0.278. The van der Waals surface area contributed by atoms with Gasteiger partial charge in [0, 0.05) is 18.7 Å². The Bertz CT molecular complexity index is 332. The molecule has 1 aromatic rings. The monoisotopic (exact) mass is 226 g/mol. The molecule has 16 heavy (non-hydrogen) atoms. The number of nitrogen functional groups attached to an aromatic ring is 2. The van der Waals surface area contributed by atoms with Crippen LogP contribution in [0.2, 0.25) is 0 Å². The van der Waals surface area contributed by atoms with E-state index in [1.54, 1.807) is 6.07 Å². The summed E-state index contributed by atoms with van der Waals surface area (Å²) in [5.74, 6) is 6.45. The first kappa shape index (κ1) is 12.5. The molecule has 0 radical (unpaired) electrons. The second-order valence-corrected chi connectivity index (χ2v) is 3.40. The largest absolute Gasteiger partial charge is 0.396 e. The number of hydrazine groups is 1. The van der Waals surface area contributed by atoms with Crippen LogP contribution in [-0.4, -0.2) is 27.7 Å². The van der Waals surface area contributed by atoms with E-state index in [2.05, 4.69) is 20.7 Å². The molecular weight excluding hydrogens is 208 g/mol. The van der Waals surface area contributed by atoms with E-state index < -0.39 is 0 Å². The van der Waals surface area contributed by atoms with Crippen LogP contribution in [-0.2, 0) is 0 Å². The lowest BCUT2D eigenvalue weighted by Gasteiger charge is -2.16. The fourth-order valence-electron chi connectivity index (χ4n) is 1.36. The molecule has 7 nitrogen and oxygen atoms in total. The van der Waals surface area contributed by atoms with E-state index in [4.69, 9.17) is 16.7 Å². The molecule has 1 aromatic heterocycles. The van der Waals surface area contributed by atoms with Gasteiger partial charge in [0.15, 0.2) is 0 Å². The zero-order valence-corrected chi connectivity index (χ0v) is 9.27. The lowest BCUT2D eigenvalue weighted by Crippen LogP contribution is -2.21. The van der Waals surface area contributed by atoms with Crippen LogP contribution in [0.25, 0.3) is 0 Å². The molecule has 0 saturated carbocycles. The van der Waals surface area contributed by atoms with E-state index in [9.17, 15) is 0 Å². The fraction of sp³-hybridized carbons (Fsp3) is 0.556. The van der Waals surface area contributed by atoms with Crippen LogP contribution in [0, 0.1) is 0 Å². The van der Waals surface area contributed by atoms with Crippen LogP contribution in [0.1, 0.15) is 19.8 Å². The molecule has 0 aliphatic rings. The number of hydrogen-bond acceptors (Lipinski definition) is 7. The minimum absolute atomic E-state index is 0.133. The molecule has 1 atom stereocenters. The molecule has 7 N–H and O–H groups in total. The van der Waals surface area contributed by atoms with Gasteiger partial charge >= 0.3 is 0 Å². The molecular formula is C9H18N6O. The third-order valence-electron chi connectivity index (χ3n) is 2.21. The zero-order chi connectivity index (χ0) is 12.0. The Balaban J connectivity index is 2.74. The highest BCUT2D eigenvalue weighted by Crippen LogP contribution is 2.14. The van der Waals surface area contributed by atoms with Crippen molar-refractivity contribution in [1.29, 1.82) is 0 Å². The average molecular weight is 226 g/mol. The van der Waals surface area contributed by atoms with E-state index in [0.717, 1.165) is 6.42 Å². The molecule has 1 heterocycles. The summed E-state index contributed by atoms with van der Waals surface area (Å²) in [6, 6.07) is 1.82. The zero-order valence-electron chi connectivity index (χ0n) is 9.27. The molecule has 0 amide bonds. The SMILES string of the molecule is CCC(CCO)Nc1cc(NN)nc(N)n1. The predicted octanol–water partition coefficient (Wildman–Crippen LogP) is -0.0827. The Morgan fingerprint density at radius 3 is 2.69 bits per heavy atom. The van der Waals surface area contributed by atoms with Crippen LogP contribution in [0.5, 0.6) is 0 Å². The number of aromatic nitrogens is 2. The fourth-order valence-corrected chi connectivity index (χ4v) is 1.36. The van der Waals surface area contributed by atoms with Crippen molar-refractivity contribution < 1.29 is 5.11 Å². The number of anilines is 3. The maximum absolute atomic E-state index is 8.87. The van der Waals surface area contributed by atoms with Gasteiger partial charge < -0.3 is 21.6 Å². The Hall–Kier alpha value is -1.60. The van der Waals surface area contributed by atoms with Gasteiger partial charge in [-0.3, -0.25) is 0 Å². The molecule has 0 aromatic carbocycles. The summed E-state index contributed by atoms with van der Waals surface area (Å²) in [6.07, 6.45) is 1.54. The summed E-state index contributed by atoms with van der Waals surface area (Å²) in [6.45, 7) is 2.16. The van der Waals surface area contributed by atoms with Crippen molar-refractivity contribution >= 4 is 17.6 Å². The van der Waals surface area contributed by atoms with Gasteiger partial charge in [0.25, 0.3) is 0 Å². The van der Waals surface area contributed by atoms with Crippen LogP contribution in [0.4, 0.5) is 17.6 Å². The number of rotatable bonds is 6. The Morgan fingerprint density at radius 1 is 1.44 bits per heavy atom. The standard InChI is InChI=1S/C9H18N6O/c1-2-6(3-4-16)12-7-5-8(15-11)14-9(10)13-7/h5-6,16H,2-4,11H2,1H3,(H4,10,12,13,14,15). The summed E-state index contributed by atoms with van der Waals surface area (Å²) >= 11 is 0. The highest BCUT2D eigenvalue weighted by atomic mass is 16.3. The van der Waals surface area contributed by atoms with Gasteiger partial charge in [0.2, 0.25) is 5.95 Å². The van der Waals surface area contributed by atoms with Gasteiger partial charge in [-0.25, -0.2) is 5.84 Å². The molecule has 0 saturated heterocycles. The third-order valence-corrected chi connectivity index (χ3v) is 2.21. The van der Waals surface area contributed by atoms with Gasteiger partial charge in [-0.15, -0.1) is 0 Å². The lowest BCUT2D eigenvalue weighted by atomic mass is 10.1. The molecule has 0 spiro atoms.